The molecule has 4 aromatic rings. The molecule has 4 aromatic heterocycles. The molecule has 0 aliphatic carbocycles. The second-order valence-electron chi connectivity index (χ2n) is 8.76. The van der Waals surface area contributed by atoms with E-state index in [1.165, 1.54) is 16.5 Å². The first-order valence-corrected chi connectivity index (χ1v) is 11.5. The van der Waals surface area contributed by atoms with Crippen LogP contribution in [-0.2, 0) is 19.6 Å². The number of pyridine rings is 1. The lowest BCUT2D eigenvalue weighted by Gasteiger charge is -2.32. The summed E-state index contributed by atoms with van der Waals surface area (Å²) in [5, 5.41) is 16.7. The number of rotatable bonds is 6. The molecule has 0 bridgehead atoms. The van der Waals surface area contributed by atoms with E-state index in [-0.39, 0.29) is 25.6 Å². The Hall–Kier alpha value is -4.43. The minimum atomic E-state index is -4.46. The number of ether oxygens (including phenoxy) is 2. The monoisotopic (exact) mass is 532 g/mol. The normalized spacial score (nSPS) is 13.5. The summed E-state index contributed by atoms with van der Waals surface area (Å²) in [5.41, 5.74) is 3.02. The molecule has 200 valence electrons. The maximum absolute atomic E-state index is 12.7. The van der Waals surface area contributed by atoms with Gasteiger partial charge in [0.05, 0.1) is 12.8 Å². The van der Waals surface area contributed by atoms with E-state index in [0.717, 1.165) is 18.3 Å². The summed E-state index contributed by atoms with van der Waals surface area (Å²) in [6, 6.07) is 6.20. The highest BCUT2D eigenvalue weighted by Crippen LogP contribution is 2.28. The largest absolute Gasteiger partial charge is 0.491 e. The van der Waals surface area contributed by atoms with Gasteiger partial charge < -0.3 is 23.8 Å². The quantitative estimate of drug-likeness (QED) is 0.369. The predicted octanol–water partition coefficient (Wildman–Crippen LogP) is 3.04. The molecule has 1 aliphatic rings. The second kappa shape index (κ2) is 9.79. The zero-order valence-electron chi connectivity index (χ0n) is 20.7. The van der Waals surface area contributed by atoms with Crippen molar-refractivity contribution < 1.29 is 32.0 Å². The van der Waals surface area contributed by atoms with E-state index < -0.39 is 18.8 Å². The SMILES string of the molecule is COc1cc2nnc(-c3cc(C)on3)n2nc1OCc1ccc2c(n1)CCN(C(=O)N(C)CC(F)(F)F)C2. The maximum Gasteiger partial charge on any atom is 0.406 e. The van der Waals surface area contributed by atoms with Gasteiger partial charge in [0.2, 0.25) is 5.82 Å². The van der Waals surface area contributed by atoms with Gasteiger partial charge in [-0.2, -0.15) is 17.7 Å². The number of urea groups is 1. The molecule has 0 aromatic carbocycles. The Kier molecular flexibility index (Phi) is 6.50. The molecular weight excluding hydrogens is 509 g/mol. The first kappa shape index (κ1) is 25.2. The highest BCUT2D eigenvalue weighted by Gasteiger charge is 2.33. The molecule has 5 rings (SSSR count). The Bertz CT molecular complexity index is 1490. The van der Waals surface area contributed by atoms with E-state index in [1.807, 2.05) is 0 Å². The predicted molar refractivity (Wildman–Crippen MR) is 124 cm³/mol. The average Bonchev–Trinajstić information content (AvgIpc) is 3.50. The van der Waals surface area contributed by atoms with Gasteiger partial charge in [-0.25, -0.2) is 4.79 Å². The molecular formula is C23H23F3N8O4. The smallest absolute Gasteiger partial charge is 0.406 e. The third-order valence-electron chi connectivity index (χ3n) is 5.88. The lowest BCUT2D eigenvalue weighted by atomic mass is 10.1. The fourth-order valence-electron chi connectivity index (χ4n) is 4.10. The number of hydrogen-bond acceptors (Lipinski definition) is 9. The van der Waals surface area contributed by atoms with Crippen LogP contribution in [0.2, 0.25) is 0 Å². The Labute approximate surface area is 213 Å². The first-order chi connectivity index (χ1) is 18.1. The van der Waals surface area contributed by atoms with Crippen molar-refractivity contribution in [1.29, 1.82) is 0 Å². The van der Waals surface area contributed by atoms with Crippen molar-refractivity contribution in [2.45, 2.75) is 32.7 Å². The average molecular weight is 532 g/mol. The van der Waals surface area contributed by atoms with Crippen molar-refractivity contribution in [3.8, 4) is 23.1 Å². The molecule has 0 saturated heterocycles. The highest BCUT2D eigenvalue weighted by molar-refractivity contribution is 5.74. The topological polar surface area (TPSA) is 124 Å². The zero-order chi connectivity index (χ0) is 27.0. The molecule has 38 heavy (non-hydrogen) atoms. The molecule has 0 fully saturated rings. The summed E-state index contributed by atoms with van der Waals surface area (Å²) in [5.74, 6) is 1.52. The summed E-state index contributed by atoms with van der Waals surface area (Å²) in [6.07, 6.45) is -4.05. The second-order valence-corrected chi connectivity index (χ2v) is 8.76. The Morgan fingerprint density at radius 2 is 2.05 bits per heavy atom. The number of carbonyl (C=O) groups excluding carboxylic acids is 1. The van der Waals surface area contributed by atoms with Gasteiger partial charge in [-0.3, -0.25) is 4.98 Å². The number of aromatic nitrogens is 6. The van der Waals surface area contributed by atoms with Crippen molar-refractivity contribution >= 4 is 11.7 Å². The number of halogens is 3. The lowest BCUT2D eigenvalue weighted by molar-refractivity contribution is -0.138. The van der Waals surface area contributed by atoms with Crippen molar-refractivity contribution in [2.24, 2.45) is 0 Å². The molecule has 0 N–H and O–H groups in total. The zero-order valence-corrected chi connectivity index (χ0v) is 20.7. The molecule has 12 nitrogen and oxygen atoms in total. The summed E-state index contributed by atoms with van der Waals surface area (Å²) < 4.78 is 55.9. The Morgan fingerprint density at radius 1 is 1.24 bits per heavy atom. The van der Waals surface area contributed by atoms with Gasteiger partial charge in [-0.1, -0.05) is 11.2 Å². The number of aryl methyl sites for hydroxylation is 1. The fourth-order valence-corrected chi connectivity index (χ4v) is 4.10. The third-order valence-corrected chi connectivity index (χ3v) is 5.88. The van der Waals surface area contributed by atoms with Crippen LogP contribution in [0.1, 0.15) is 22.7 Å². The Balaban J connectivity index is 1.30. The van der Waals surface area contributed by atoms with Crippen molar-refractivity contribution in [3.63, 3.8) is 0 Å². The molecule has 15 heteroatoms. The molecule has 0 saturated carbocycles. The van der Waals surface area contributed by atoms with Crippen LogP contribution in [0.3, 0.4) is 0 Å². The van der Waals surface area contributed by atoms with E-state index in [9.17, 15) is 18.0 Å². The number of methoxy groups -OCH3 is 1. The van der Waals surface area contributed by atoms with Gasteiger partial charge in [0.25, 0.3) is 5.88 Å². The summed E-state index contributed by atoms with van der Waals surface area (Å²) in [7, 11) is 2.62. The molecule has 0 atom stereocenters. The summed E-state index contributed by atoms with van der Waals surface area (Å²) in [6.45, 7) is 0.962. The van der Waals surface area contributed by atoms with Crippen LogP contribution in [0.5, 0.6) is 11.6 Å². The number of hydrogen-bond donors (Lipinski definition) is 0. The summed E-state index contributed by atoms with van der Waals surface area (Å²) in [4.78, 5) is 19.1. The van der Waals surface area contributed by atoms with Crippen LogP contribution in [0, 0.1) is 6.92 Å². The maximum atomic E-state index is 12.7. The van der Waals surface area contributed by atoms with Crippen LogP contribution in [-0.4, -0.2) is 79.2 Å². The number of alkyl halides is 3. The molecule has 1 aliphatic heterocycles. The minimum Gasteiger partial charge on any atom is -0.491 e. The van der Waals surface area contributed by atoms with Crippen molar-refractivity contribution in [3.05, 3.63) is 47.0 Å². The van der Waals surface area contributed by atoms with Crippen LogP contribution in [0.25, 0.3) is 17.2 Å². The summed E-state index contributed by atoms with van der Waals surface area (Å²) >= 11 is 0. The van der Waals surface area contributed by atoms with E-state index in [0.29, 0.717) is 45.7 Å². The van der Waals surface area contributed by atoms with E-state index >= 15 is 0 Å². The lowest BCUT2D eigenvalue weighted by Crippen LogP contribution is -2.46. The highest BCUT2D eigenvalue weighted by atomic mass is 19.4. The van der Waals surface area contributed by atoms with Gasteiger partial charge in [0.15, 0.2) is 17.1 Å². The van der Waals surface area contributed by atoms with Gasteiger partial charge in [-0.05, 0) is 18.6 Å². The van der Waals surface area contributed by atoms with Crippen LogP contribution in [0.4, 0.5) is 18.0 Å². The van der Waals surface area contributed by atoms with E-state index in [1.54, 1.807) is 31.2 Å². The minimum absolute atomic E-state index is 0.0691. The molecule has 0 spiro atoms. The number of amides is 2. The fraction of sp³-hybridized carbons (Fsp3) is 0.391. The van der Waals surface area contributed by atoms with E-state index in [4.69, 9.17) is 14.0 Å². The van der Waals surface area contributed by atoms with Gasteiger partial charge in [0.1, 0.15) is 18.9 Å². The molecule has 2 amide bonds. The number of nitrogens with zero attached hydrogens (tertiary/aromatic N) is 8. The van der Waals surface area contributed by atoms with Crippen molar-refractivity contribution in [1.82, 2.24) is 39.8 Å². The van der Waals surface area contributed by atoms with Crippen LogP contribution in [0.15, 0.2) is 28.8 Å². The standard InChI is InChI=1S/C23H23F3N8O4/c1-13-8-17(31-38-13)20-29-28-19-9-18(36-3)21(30-34(19)20)37-11-15-5-4-14-10-33(7-6-16(14)27-15)22(35)32(2)12-23(24,25)26/h4-5,8-9H,6-7,10-12H2,1-3H3. The molecule has 5 heterocycles. The first-order valence-electron chi connectivity index (χ1n) is 11.5. The van der Waals surface area contributed by atoms with E-state index in [2.05, 4.69) is 25.4 Å². The van der Waals surface area contributed by atoms with Gasteiger partial charge >= 0.3 is 12.2 Å². The Morgan fingerprint density at radius 3 is 2.76 bits per heavy atom. The van der Waals surface area contributed by atoms with Crippen LogP contribution >= 0.6 is 0 Å². The van der Waals surface area contributed by atoms with Gasteiger partial charge in [0, 0.05) is 44.4 Å². The molecule has 0 radical (unpaired) electrons. The van der Waals surface area contributed by atoms with Gasteiger partial charge in [-0.15, -0.1) is 15.3 Å². The molecule has 0 unspecified atom stereocenters. The van der Waals surface area contributed by atoms with Crippen molar-refractivity contribution in [2.75, 3.05) is 27.2 Å². The number of carbonyl (C=O) groups is 1. The third kappa shape index (κ3) is 5.17. The van der Waals surface area contributed by atoms with Crippen LogP contribution < -0.4 is 9.47 Å². The number of fused-ring (bicyclic) bond motifs is 2.